The van der Waals surface area contributed by atoms with Crippen molar-refractivity contribution in [3.05, 3.63) is 0 Å². The molecule has 2 fully saturated rings. The van der Waals surface area contributed by atoms with Crippen LogP contribution < -0.4 is 5.32 Å². The van der Waals surface area contributed by atoms with E-state index >= 15 is 0 Å². The standard InChI is InChI=1S/C12H19N3O2/c1-9-6-10(2-3-14-9)12(16)15-4-5-17-11(7-13)8-15/h9-11,14H,2-6,8H2,1H3. The smallest absolute Gasteiger partial charge is 0.225 e. The van der Waals surface area contributed by atoms with E-state index in [-0.39, 0.29) is 11.8 Å². The van der Waals surface area contributed by atoms with Gasteiger partial charge in [0.2, 0.25) is 5.91 Å². The Morgan fingerprint density at radius 2 is 2.41 bits per heavy atom. The zero-order valence-corrected chi connectivity index (χ0v) is 10.2. The molecule has 0 aliphatic carbocycles. The molecule has 94 valence electrons. The first-order chi connectivity index (χ1) is 8.20. The summed E-state index contributed by atoms with van der Waals surface area (Å²) >= 11 is 0. The first kappa shape index (κ1) is 12.3. The number of nitrogens with one attached hydrogen (secondary N) is 1. The number of hydrogen-bond donors (Lipinski definition) is 1. The summed E-state index contributed by atoms with van der Waals surface area (Å²) < 4.78 is 5.25. The van der Waals surface area contributed by atoms with Gasteiger partial charge in [-0.05, 0) is 26.3 Å². The van der Waals surface area contributed by atoms with Crippen LogP contribution in [0.4, 0.5) is 0 Å². The van der Waals surface area contributed by atoms with Gasteiger partial charge in [0.1, 0.15) is 0 Å². The van der Waals surface area contributed by atoms with Crippen LogP contribution in [0.5, 0.6) is 0 Å². The van der Waals surface area contributed by atoms with Crippen molar-refractivity contribution in [2.75, 3.05) is 26.2 Å². The fourth-order valence-electron chi connectivity index (χ4n) is 2.54. The van der Waals surface area contributed by atoms with Crippen LogP contribution in [0.15, 0.2) is 0 Å². The molecule has 5 nitrogen and oxygen atoms in total. The van der Waals surface area contributed by atoms with E-state index in [2.05, 4.69) is 18.3 Å². The van der Waals surface area contributed by atoms with Gasteiger partial charge in [-0.1, -0.05) is 0 Å². The summed E-state index contributed by atoms with van der Waals surface area (Å²) in [5.74, 6) is 0.311. The third kappa shape index (κ3) is 2.96. The second-order valence-corrected chi connectivity index (χ2v) is 4.85. The first-order valence-corrected chi connectivity index (χ1v) is 6.24. The summed E-state index contributed by atoms with van der Waals surface area (Å²) in [6.45, 7) is 4.54. The molecule has 0 aromatic carbocycles. The number of ether oxygens (including phenoxy) is 1. The van der Waals surface area contributed by atoms with Crippen LogP contribution in [0.25, 0.3) is 0 Å². The van der Waals surface area contributed by atoms with Gasteiger partial charge in [0, 0.05) is 18.5 Å². The van der Waals surface area contributed by atoms with Crippen LogP contribution in [0, 0.1) is 17.2 Å². The van der Waals surface area contributed by atoms with E-state index in [4.69, 9.17) is 10.00 Å². The molecule has 2 heterocycles. The summed E-state index contributed by atoms with van der Waals surface area (Å²) in [4.78, 5) is 14.1. The number of carbonyl (C=O) groups is 1. The topological polar surface area (TPSA) is 65.4 Å². The predicted molar refractivity (Wildman–Crippen MR) is 62.1 cm³/mol. The van der Waals surface area contributed by atoms with Gasteiger partial charge in [-0.15, -0.1) is 0 Å². The van der Waals surface area contributed by atoms with Crippen molar-refractivity contribution in [3.8, 4) is 6.07 Å². The average molecular weight is 237 g/mol. The van der Waals surface area contributed by atoms with Crippen LogP contribution in [0.3, 0.4) is 0 Å². The summed E-state index contributed by atoms with van der Waals surface area (Å²) in [5.41, 5.74) is 0. The number of nitriles is 1. The highest BCUT2D eigenvalue weighted by molar-refractivity contribution is 5.79. The molecule has 1 N–H and O–H groups in total. The van der Waals surface area contributed by atoms with E-state index in [0.29, 0.717) is 25.7 Å². The van der Waals surface area contributed by atoms with E-state index in [0.717, 1.165) is 19.4 Å². The van der Waals surface area contributed by atoms with Crippen molar-refractivity contribution in [3.63, 3.8) is 0 Å². The van der Waals surface area contributed by atoms with Gasteiger partial charge in [0.15, 0.2) is 6.10 Å². The van der Waals surface area contributed by atoms with Gasteiger partial charge in [0.05, 0.1) is 19.2 Å². The van der Waals surface area contributed by atoms with E-state index < -0.39 is 6.10 Å². The molecule has 5 heteroatoms. The molecular formula is C12H19N3O2. The third-order valence-corrected chi connectivity index (χ3v) is 3.50. The van der Waals surface area contributed by atoms with Crippen LogP contribution in [0.2, 0.25) is 0 Å². The Balaban J connectivity index is 1.92. The number of nitrogens with zero attached hydrogens (tertiary/aromatic N) is 2. The number of amides is 1. The van der Waals surface area contributed by atoms with E-state index in [1.54, 1.807) is 4.90 Å². The highest BCUT2D eigenvalue weighted by Crippen LogP contribution is 2.20. The second kappa shape index (κ2) is 5.48. The molecule has 0 bridgehead atoms. The lowest BCUT2D eigenvalue weighted by Crippen LogP contribution is -2.50. The number of rotatable bonds is 1. The molecule has 2 aliphatic rings. The van der Waals surface area contributed by atoms with Crippen LogP contribution >= 0.6 is 0 Å². The SMILES string of the molecule is CC1CC(C(=O)N2CCOC(C#N)C2)CCN1. The summed E-state index contributed by atoms with van der Waals surface area (Å²) in [6, 6.07) is 2.48. The minimum atomic E-state index is -0.452. The average Bonchev–Trinajstić information content (AvgIpc) is 2.38. The van der Waals surface area contributed by atoms with Crippen LogP contribution in [-0.4, -0.2) is 49.2 Å². The molecule has 0 aromatic rings. The molecule has 2 saturated heterocycles. The van der Waals surface area contributed by atoms with Crippen molar-refractivity contribution in [2.45, 2.75) is 31.9 Å². The highest BCUT2D eigenvalue weighted by Gasteiger charge is 2.31. The first-order valence-electron chi connectivity index (χ1n) is 6.24. The Morgan fingerprint density at radius 1 is 1.59 bits per heavy atom. The van der Waals surface area contributed by atoms with E-state index in [9.17, 15) is 4.79 Å². The fraction of sp³-hybridized carbons (Fsp3) is 0.833. The van der Waals surface area contributed by atoms with Gasteiger partial charge in [0.25, 0.3) is 0 Å². The van der Waals surface area contributed by atoms with Crippen molar-refractivity contribution in [1.29, 1.82) is 5.26 Å². The third-order valence-electron chi connectivity index (χ3n) is 3.50. The Morgan fingerprint density at radius 3 is 3.12 bits per heavy atom. The maximum Gasteiger partial charge on any atom is 0.225 e. The second-order valence-electron chi connectivity index (χ2n) is 4.85. The number of carbonyl (C=O) groups excluding carboxylic acids is 1. The van der Waals surface area contributed by atoms with Crippen LogP contribution in [-0.2, 0) is 9.53 Å². The molecule has 0 radical (unpaired) electrons. The van der Waals surface area contributed by atoms with E-state index in [1.165, 1.54) is 0 Å². The lowest BCUT2D eigenvalue weighted by atomic mass is 9.92. The fourth-order valence-corrected chi connectivity index (χ4v) is 2.54. The lowest BCUT2D eigenvalue weighted by molar-refractivity contribution is -0.142. The molecule has 0 spiro atoms. The lowest BCUT2D eigenvalue weighted by Gasteiger charge is -2.35. The Labute approximate surface area is 102 Å². The summed E-state index contributed by atoms with van der Waals surface area (Å²) in [5, 5.41) is 12.2. The summed E-state index contributed by atoms with van der Waals surface area (Å²) in [7, 11) is 0. The Kier molecular flexibility index (Phi) is 3.97. The van der Waals surface area contributed by atoms with Gasteiger partial charge in [-0.2, -0.15) is 5.26 Å². The maximum atomic E-state index is 12.3. The maximum absolute atomic E-state index is 12.3. The van der Waals surface area contributed by atoms with Crippen molar-refractivity contribution in [1.82, 2.24) is 10.2 Å². The van der Waals surface area contributed by atoms with Gasteiger partial charge in [-0.3, -0.25) is 4.79 Å². The quantitative estimate of drug-likeness (QED) is 0.704. The predicted octanol–water partition coefficient (Wildman–Crippen LogP) is 0.125. The number of hydrogen-bond acceptors (Lipinski definition) is 4. The minimum absolute atomic E-state index is 0.115. The molecule has 2 aliphatic heterocycles. The zero-order valence-electron chi connectivity index (χ0n) is 10.2. The summed E-state index contributed by atoms with van der Waals surface area (Å²) in [6.07, 6.45) is 1.34. The van der Waals surface area contributed by atoms with Gasteiger partial charge >= 0.3 is 0 Å². The molecule has 0 saturated carbocycles. The molecule has 3 atom stereocenters. The van der Waals surface area contributed by atoms with Crippen molar-refractivity contribution < 1.29 is 9.53 Å². The zero-order chi connectivity index (χ0) is 12.3. The molecule has 17 heavy (non-hydrogen) atoms. The molecular weight excluding hydrogens is 218 g/mol. The molecule has 1 amide bonds. The Hall–Kier alpha value is -1.12. The van der Waals surface area contributed by atoms with Crippen molar-refractivity contribution >= 4 is 5.91 Å². The normalized spacial score (nSPS) is 34.1. The molecule has 0 aromatic heterocycles. The van der Waals surface area contributed by atoms with Crippen molar-refractivity contribution in [2.24, 2.45) is 5.92 Å². The van der Waals surface area contributed by atoms with Crippen LogP contribution in [0.1, 0.15) is 19.8 Å². The number of piperidine rings is 1. The van der Waals surface area contributed by atoms with Gasteiger partial charge < -0.3 is 15.0 Å². The monoisotopic (exact) mass is 237 g/mol. The van der Waals surface area contributed by atoms with E-state index in [1.807, 2.05) is 0 Å². The van der Waals surface area contributed by atoms with Gasteiger partial charge in [-0.25, -0.2) is 0 Å². The highest BCUT2D eigenvalue weighted by atomic mass is 16.5. The number of morpholine rings is 1. The Bertz CT molecular complexity index is 326. The minimum Gasteiger partial charge on any atom is -0.360 e. The molecule has 2 rings (SSSR count). The molecule has 3 unspecified atom stereocenters. The largest absolute Gasteiger partial charge is 0.360 e.